The van der Waals surface area contributed by atoms with Crippen LogP contribution in [0, 0.1) is 6.92 Å². The zero-order valence-electron chi connectivity index (χ0n) is 13.1. The Labute approximate surface area is 140 Å². The van der Waals surface area contributed by atoms with Gasteiger partial charge in [0.2, 0.25) is 6.41 Å². The number of anilines is 2. The van der Waals surface area contributed by atoms with E-state index in [1.165, 1.54) is 0 Å². The number of para-hydroxylation sites is 1. The molecule has 1 aromatic heterocycles. The molecular weight excluding hydrogens is 312 g/mol. The summed E-state index contributed by atoms with van der Waals surface area (Å²) in [6.45, 7) is 4.29. The molecule has 0 radical (unpaired) electrons. The van der Waals surface area contributed by atoms with Crippen molar-refractivity contribution in [2.45, 2.75) is 20.4 Å². The van der Waals surface area contributed by atoms with Gasteiger partial charge in [-0.05, 0) is 26.0 Å². The van der Waals surface area contributed by atoms with Crippen LogP contribution in [0.2, 0.25) is 0 Å². The summed E-state index contributed by atoms with van der Waals surface area (Å²) in [4.78, 5) is 10.8. The number of nitrogen functional groups attached to an aromatic ring is 1. The topological polar surface area (TPSA) is 72.9 Å². The molecule has 23 heavy (non-hydrogen) atoms. The quantitative estimate of drug-likeness (QED) is 0.626. The van der Waals surface area contributed by atoms with Gasteiger partial charge in [-0.1, -0.05) is 42.0 Å². The predicted octanol–water partition coefficient (Wildman–Crippen LogP) is 3.71. The monoisotopic (exact) mass is 330 g/mol. The average molecular weight is 331 g/mol. The molecule has 0 bridgehead atoms. The molecule has 0 aliphatic carbocycles. The Hall–Kier alpha value is -2.53. The standard InChI is InChI=1S/C17H19ClN4O/c1-3-13(18)7-6-10-22-17(19)12(2)16(21-22)14-8-4-5-9-15(14)20-11-23/h3-9,11H,10,19H2,1-2H3,(H,20,23)/b7-6-,13-3+. The molecule has 1 amide bonds. The molecule has 0 fully saturated rings. The Morgan fingerprint density at radius 2 is 2.17 bits per heavy atom. The van der Waals surface area contributed by atoms with Gasteiger partial charge in [0.25, 0.3) is 0 Å². The number of aromatic nitrogens is 2. The Morgan fingerprint density at radius 3 is 2.87 bits per heavy atom. The van der Waals surface area contributed by atoms with Gasteiger partial charge in [-0.25, -0.2) is 4.68 Å². The van der Waals surface area contributed by atoms with Gasteiger partial charge < -0.3 is 11.1 Å². The van der Waals surface area contributed by atoms with Gasteiger partial charge in [-0.15, -0.1) is 0 Å². The molecule has 0 saturated carbocycles. The fourth-order valence-corrected chi connectivity index (χ4v) is 2.29. The minimum atomic E-state index is 0.514. The number of amides is 1. The first-order valence-electron chi connectivity index (χ1n) is 7.19. The first-order chi connectivity index (χ1) is 11.1. The van der Waals surface area contributed by atoms with Crippen molar-refractivity contribution < 1.29 is 4.79 Å². The van der Waals surface area contributed by atoms with E-state index in [9.17, 15) is 4.79 Å². The van der Waals surface area contributed by atoms with Crippen LogP contribution in [-0.2, 0) is 11.3 Å². The number of rotatable bonds is 6. The highest BCUT2D eigenvalue weighted by atomic mass is 35.5. The first kappa shape index (κ1) is 16.8. The van der Waals surface area contributed by atoms with Crippen LogP contribution < -0.4 is 11.1 Å². The third kappa shape index (κ3) is 3.81. The summed E-state index contributed by atoms with van der Waals surface area (Å²) >= 11 is 5.93. The molecule has 5 nitrogen and oxygen atoms in total. The number of nitrogens with two attached hydrogens (primary N) is 1. The number of hydrogen-bond acceptors (Lipinski definition) is 3. The average Bonchev–Trinajstić information content (AvgIpc) is 2.84. The van der Waals surface area contributed by atoms with Crippen molar-refractivity contribution in [3.8, 4) is 11.3 Å². The van der Waals surface area contributed by atoms with Gasteiger partial charge in [0.05, 0.1) is 12.2 Å². The van der Waals surface area contributed by atoms with Crippen LogP contribution >= 0.6 is 11.6 Å². The van der Waals surface area contributed by atoms with Crippen LogP contribution in [0.25, 0.3) is 11.3 Å². The summed E-state index contributed by atoms with van der Waals surface area (Å²) in [5.74, 6) is 0.585. The van der Waals surface area contributed by atoms with E-state index in [-0.39, 0.29) is 0 Å². The molecule has 120 valence electrons. The molecule has 3 N–H and O–H groups in total. The number of allylic oxidation sites excluding steroid dienone is 4. The van der Waals surface area contributed by atoms with Crippen molar-refractivity contribution in [3.05, 3.63) is 53.1 Å². The van der Waals surface area contributed by atoms with E-state index in [1.807, 2.05) is 50.3 Å². The number of hydrogen-bond donors (Lipinski definition) is 2. The summed E-state index contributed by atoms with van der Waals surface area (Å²) in [5.41, 5.74) is 9.29. The van der Waals surface area contributed by atoms with E-state index in [4.69, 9.17) is 17.3 Å². The molecule has 1 aromatic carbocycles. The maximum absolute atomic E-state index is 10.8. The van der Waals surface area contributed by atoms with Crippen molar-refractivity contribution in [2.75, 3.05) is 11.1 Å². The lowest BCUT2D eigenvalue weighted by Crippen LogP contribution is -2.03. The maximum atomic E-state index is 10.8. The van der Waals surface area contributed by atoms with Crippen LogP contribution in [0.4, 0.5) is 11.5 Å². The van der Waals surface area contributed by atoms with Gasteiger partial charge in [-0.2, -0.15) is 5.10 Å². The highest BCUT2D eigenvalue weighted by Gasteiger charge is 2.15. The van der Waals surface area contributed by atoms with Crippen LogP contribution in [-0.4, -0.2) is 16.2 Å². The molecule has 0 unspecified atom stereocenters. The predicted molar refractivity (Wildman–Crippen MR) is 95.2 cm³/mol. The van der Waals surface area contributed by atoms with E-state index in [1.54, 1.807) is 10.8 Å². The second-order valence-electron chi connectivity index (χ2n) is 4.92. The van der Waals surface area contributed by atoms with Crippen LogP contribution in [0.15, 0.2) is 47.5 Å². The normalized spacial score (nSPS) is 11.9. The highest BCUT2D eigenvalue weighted by molar-refractivity contribution is 6.31. The third-order valence-corrected chi connectivity index (χ3v) is 3.81. The molecule has 0 aliphatic rings. The Kier molecular flexibility index (Phi) is 5.60. The lowest BCUT2D eigenvalue weighted by atomic mass is 10.1. The second-order valence-corrected chi connectivity index (χ2v) is 5.36. The number of nitrogens with one attached hydrogen (secondary N) is 1. The molecule has 2 aromatic rings. The number of nitrogens with zero attached hydrogens (tertiary/aromatic N) is 2. The SMILES string of the molecule is C/C=C(Cl)\C=C/Cn1nc(-c2ccccc2NC=O)c(C)c1N. The summed E-state index contributed by atoms with van der Waals surface area (Å²) in [5, 5.41) is 7.91. The molecular formula is C17H19ClN4O. The molecule has 0 saturated heterocycles. The van der Waals surface area contributed by atoms with E-state index in [0.29, 0.717) is 29.5 Å². The van der Waals surface area contributed by atoms with Crippen molar-refractivity contribution in [2.24, 2.45) is 0 Å². The number of halogens is 1. The zero-order valence-corrected chi connectivity index (χ0v) is 13.8. The Balaban J connectivity index is 2.37. The smallest absolute Gasteiger partial charge is 0.211 e. The number of benzene rings is 1. The van der Waals surface area contributed by atoms with Crippen LogP contribution in [0.3, 0.4) is 0 Å². The van der Waals surface area contributed by atoms with Gasteiger partial charge in [0, 0.05) is 21.8 Å². The molecule has 0 spiro atoms. The third-order valence-electron chi connectivity index (χ3n) is 3.47. The molecule has 0 atom stereocenters. The summed E-state index contributed by atoms with van der Waals surface area (Å²) in [6, 6.07) is 7.47. The van der Waals surface area contributed by atoms with Crippen molar-refractivity contribution >= 4 is 29.5 Å². The lowest BCUT2D eigenvalue weighted by molar-refractivity contribution is -0.105. The maximum Gasteiger partial charge on any atom is 0.211 e. The van der Waals surface area contributed by atoms with Crippen molar-refractivity contribution in [3.63, 3.8) is 0 Å². The fraction of sp³-hybridized carbons (Fsp3) is 0.176. The van der Waals surface area contributed by atoms with Crippen molar-refractivity contribution in [1.29, 1.82) is 0 Å². The summed E-state index contributed by atoms with van der Waals surface area (Å²) in [7, 11) is 0. The van der Waals surface area contributed by atoms with Crippen LogP contribution in [0.1, 0.15) is 12.5 Å². The van der Waals surface area contributed by atoms with Gasteiger partial charge in [0.1, 0.15) is 5.82 Å². The lowest BCUT2D eigenvalue weighted by Gasteiger charge is -2.06. The largest absolute Gasteiger partial charge is 0.384 e. The van der Waals surface area contributed by atoms with E-state index in [2.05, 4.69) is 10.4 Å². The molecule has 6 heteroatoms. The zero-order chi connectivity index (χ0) is 16.8. The number of carbonyl (C=O) groups excluding carboxylic acids is 1. The van der Waals surface area contributed by atoms with Gasteiger partial charge in [0.15, 0.2) is 0 Å². The van der Waals surface area contributed by atoms with Crippen molar-refractivity contribution in [1.82, 2.24) is 9.78 Å². The summed E-state index contributed by atoms with van der Waals surface area (Å²) < 4.78 is 1.71. The van der Waals surface area contributed by atoms with Crippen LogP contribution in [0.5, 0.6) is 0 Å². The molecule has 2 rings (SSSR count). The second kappa shape index (κ2) is 7.65. The molecule has 1 heterocycles. The number of carbonyl (C=O) groups is 1. The minimum absolute atomic E-state index is 0.514. The Morgan fingerprint density at radius 1 is 1.43 bits per heavy atom. The summed E-state index contributed by atoms with van der Waals surface area (Å²) in [6.07, 6.45) is 6.16. The minimum Gasteiger partial charge on any atom is -0.384 e. The Bertz CT molecular complexity index is 762. The first-order valence-corrected chi connectivity index (χ1v) is 7.57. The van der Waals surface area contributed by atoms with Gasteiger partial charge >= 0.3 is 0 Å². The fourth-order valence-electron chi connectivity index (χ4n) is 2.20. The van der Waals surface area contributed by atoms with E-state index < -0.39 is 0 Å². The van der Waals surface area contributed by atoms with E-state index >= 15 is 0 Å². The van der Waals surface area contributed by atoms with Gasteiger partial charge in [-0.3, -0.25) is 4.79 Å². The molecule has 0 aliphatic heterocycles. The highest BCUT2D eigenvalue weighted by Crippen LogP contribution is 2.31. The van der Waals surface area contributed by atoms with E-state index in [0.717, 1.165) is 16.8 Å².